The van der Waals surface area contributed by atoms with Gasteiger partial charge in [-0.05, 0) is 25.0 Å². The van der Waals surface area contributed by atoms with E-state index >= 15 is 0 Å². The Morgan fingerprint density at radius 3 is 2.56 bits per heavy atom. The van der Waals surface area contributed by atoms with Crippen molar-refractivity contribution in [2.24, 2.45) is 0 Å². The van der Waals surface area contributed by atoms with Gasteiger partial charge in [-0.25, -0.2) is 19.6 Å². The number of esters is 1. The number of carboxylic acid groups (broad SMARTS) is 1. The molecule has 27 heavy (non-hydrogen) atoms. The average Bonchev–Trinajstić information content (AvgIpc) is 2.97. The highest BCUT2D eigenvalue weighted by atomic mass is 32.1. The van der Waals surface area contributed by atoms with Crippen LogP contribution in [0.2, 0.25) is 0 Å². The number of ether oxygens (including phenoxy) is 1. The highest BCUT2D eigenvalue weighted by molar-refractivity contribution is 7.20. The largest absolute Gasteiger partial charge is 0.480 e. The summed E-state index contributed by atoms with van der Waals surface area (Å²) in [5.74, 6) is -0.529. The number of hydrogen-bond acceptors (Lipinski definition) is 7. The maximum Gasteiger partial charge on any atom is 0.348 e. The van der Waals surface area contributed by atoms with Crippen molar-refractivity contribution < 1.29 is 19.4 Å². The maximum atomic E-state index is 12.0. The summed E-state index contributed by atoms with van der Waals surface area (Å²) in [6.45, 7) is 3.51. The molecule has 0 aliphatic carbocycles. The van der Waals surface area contributed by atoms with E-state index in [9.17, 15) is 14.7 Å². The molecule has 0 unspecified atom stereocenters. The molecule has 1 atom stereocenters. The van der Waals surface area contributed by atoms with Crippen LogP contribution >= 0.6 is 11.3 Å². The number of nitrogens with zero attached hydrogens (tertiary/aromatic N) is 2. The Kier molecular flexibility index (Phi) is 5.36. The minimum atomic E-state index is -0.982. The van der Waals surface area contributed by atoms with Gasteiger partial charge in [-0.2, -0.15) is 0 Å². The lowest BCUT2D eigenvalue weighted by Crippen LogP contribution is -2.32. The van der Waals surface area contributed by atoms with Gasteiger partial charge in [-0.1, -0.05) is 30.3 Å². The first kappa shape index (κ1) is 18.8. The lowest BCUT2D eigenvalue weighted by molar-refractivity contribution is -0.137. The highest BCUT2D eigenvalue weighted by Gasteiger charge is 2.24. The molecule has 2 N–H and O–H groups in total. The van der Waals surface area contributed by atoms with Gasteiger partial charge in [0.15, 0.2) is 0 Å². The fourth-order valence-electron chi connectivity index (χ4n) is 2.85. The van der Waals surface area contributed by atoms with Crippen LogP contribution in [0.5, 0.6) is 0 Å². The fourth-order valence-corrected chi connectivity index (χ4v) is 4.00. The lowest BCUT2D eigenvalue weighted by atomic mass is 10.1. The number of aromatic nitrogens is 2. The summed E-state index contributed by atoms with van der Waals surface area (Å²) in [6.07, 6.45) is 0.299. The molecular weight excluding hydrogens is 366 g/mol. The van der Waals surface area contributed by atoms with Gasteiger partial charge in [0.2, 0.25) is 0 Å². The topological polar surface area (TPSA) is 101 Å². The van der Waals surface area contributed by atoms with Gasteiger partial charge in [0.05, 0.1) is 12.5 Å². The number of anilines is 1. The fraction of sp³-hybridized carbons (Fsp3) is 0.263. The monoisotopic (exact) mass is 385 g/mol. The Hall–Kier alpha value is -3.00. The Balaban J connectivity index is 2.02. The van der Waals surface area contributed by atoms with E-state index in [1.165, 1.54) is 18.4 Å². The van der Waals surface area contributed by atoms with Gasteiger partial charge in [0.25, 0.3) is 0 Å². The molecule has 0 bridgehead atoms. The smallest absolute Gasteiger partial charge is 0.348 e. The Bertz CT molecular complexity index is 1000. The van der Waals surface area contributed by atoms with E-state index in [1.807, 2.05) is 30.3 Å². The van der Waals surface area contributed by atoms with Gasteiger partial charge in [-0.15, -0.1) is 11.3 Å². The normalized spacial score (nSPS) is 12.0. The predicted molar refractivity (Wildman–Crippen MR) is 103 cm³/mol. The summed E-state index contributed by atoms with van der Waals surface area (Å²) in [4.78, 5) is 33.6. The average molecular weight is 385 g/mol. The number of fused-ring (bicyclic) bond motifs is 1. The second kappa shape index (κ2) is 7.71. The van der Waals surface area contributed by atoms with Crippen LogP contribution in [0, 0.1) is 13.8 Å². The molecule has 2 aromatic heterocycles. The van der Waals surface area contributed by atoms with Crippen LogP contribution in [0.25, 0.3) is 10.2 Å². The number of benzene rings is 1. The quantitative estimate of drug-likeness (QED) is 0.628. The summed E-state index contributed by atoms with van der Waals surface area (Å²) >= 11 is 1.21. The number of hydrogen-bond donors (Lipinski definition) is 2. The minimum absolute atomic E-state index is 0.299. The van der Waals surface area contributed by atoms with Crippen molar-refractivity contribution in [1.82, 2.24) is 9.97 Å². The number of carbonyl (C=O) groups is 2. The zero-order valence-corrected chi connectivity index (χ0v) is 16.0. The molecule has 3 rings (SSSR count). The Labute approximate surface area is 160 Å². The van der Waals surface area contributed by atoms with Crippen LogP contribution in [-0.2, 0) is 16.0 Å². The van der Waals surface area contributed by atoms with Crippen LogP contribution in [0.3, 0.4) is 0 Å². The van der Waals surface area contributed by atoms with Crippen molar-refractivity contribution >= 4 is 39.3 Å². The molecule has 0 radical (unpaired) electrons. The van der Waals surface area contributed by atoms with Gasteiger partial charge in [0, 0.05) is 6.42 Å². The molecule has 0 aliphatic rings. The first-order valence-electron chi connectivity index (χ1n) is 8.30. The van der Waals surface area contributed by atoms with Crippen molar-refractivity contribution in [3.05, 3.63) is 52.2 Å². The van der Waals surface area contributed by atoms with E-state index < -0.39 is 18.0 Å². The second-order valence-corrected chi connectivity index (χ2v) is 7.07. The molecule has 8 heteroatoms. The van der Waals surface area contributed by atoms with Gasteiger partial charge in [-0.3, -0.25) is 0 Å². The standard InChI is InChI=1S/C19H19N3O4S/c1-10-14-16(20-11(2)21-17(14)27-15(10)19(25)26-3)22-13(18(23)24)9-12-7-5-4-6-8-12/h4-8,13H,9H2,1-3H3,(H,23,24)(H,20,21,22)/t13-/m0/s1. The summed E-state index contributed by atoms with van der Waals surface area (Å²) in [5, 5.41) is 13.3. The molecule has 0 saturated heterocycles. The number of carboxylic acids is 1. The van der Waals surface area contributed by atoms with E-state index in [-0.39, 0.29) is 0 Å². The molecule has 0 saturated carbocycles. The molecule has 7 nitrogen and oxygen atoms in total. The second-order valence-electron chi connectivity index (χ2n) is 6.07. The van der Waals surface area contributed by atoms with Crippen molar-refractivity contribution in [3.63, 3.8) is 0 Å². The number of aliphatic carboxylic acids is 1. The van der Waals surface area contributed by atoms with Gasteiger partial charge < -0.3 is 15.2 Å². The van der Waals surface area contributed by atoms with Crippen molar-refractivity contribution in [1.29, 1.82) is 0 Å². The number of rotatable bonds is 6. The molecular formula is C19H19N3O4S. The van der Waals surface area contributed by atoms with Crippen LogP contribution in [0.4, 0.5) is 5.82 Å². The summed E-state index contributed by atoms with van der Waals surface area (Å²) in [6, 6.07) is 8.51. The molecule has 140 valence electrons. The van der Waals surface area contributed by atoms with E-state index in [2.05, 4.69) is 15.3 Å². The number of methoxy groups -OCH3 is 1. The zero-order valence-electron chi connectivity index (χ0n) is 15.1. The molecule has 2 heterocycles. The van der Waals surface area contributed by atoms with E-state index in [0.29, 0.717) is 38.7 Å². The Morgan fingerprint density at radius 1 is 1.22 bits per heavy atom. The highest BCUT2D eigenvalue weighted by Crippen LogP contribution is 2.34. The summed E-state index contributed by atoms with van der Waals surface area (Å²) in [7, 11) is 1.32. The first-order valence-corrected chi connectivity index (χ1v) is 9.11. The zero-order chi connectivity index (χ0) is 19.6. The number of carbonyl (C=O) groups excluding carboxylic acids is 1. The number of thiophene rings is 1. The predicted octanol–water partition coefficient (Wildman–Crippen LogP) is 3.20. The summed E-state index contributed by atoms with van der Waals surface area (Å²) < 4.78 is 4.82. The van der Waals surface area contributed by atoms with E-state index in [4.69, 9.17) is 4.74 Å². The lowest BCUT2D eigenvalue weighted by Gasteiger charge is -2.16. The van der Waals surface area contributed by atoms with Gasteiger partial charge >= 0.3 is 11.9 Å². The maximum absolute atomic E-state index is 12.0. The summed E-state index contributed by atoms with van der Waals surface area (Å²) in [5.41, 5.74) is 1.57. The van der Waals surface area contributed by atoms with Crippen molar-refractivity contribution in [3.8, 4) is 0 Å². The van der Waals surface area contributed by atoms with E-state index in [1.54, 1.807) is 13.8 Å². The third-order valence-corrected chi connectivity index (χ3v) is 5.33. The Morgan fingerprint density at radius 2 is 1.93 bits per heavy atom. The third-order valence-electron chi connectivity index (χ3n) is 4.16. The molecule has 1 aromatic carbocycles. The molecule has 0 aliphatic heterocycles. The van der Waals surface area contributed by atoms with Gasteiger partial charge in [0.1, 0.15) is 27.4 Å². The van der Waals surface area contributed by atoms with Crippen molar-refractivity contribution in [2.75, 3.05) is 12.4 Å². The van der Waals surface area contributed by atoms with E-state index in [0.717, 1.165) is 5.56 Å². The molecule has 0 spiro atoms. The van der Waals surface area contributed by atoms with Crippen LogP contribution < -0.4 is 5.32 Å². The molecule has 0 amide bonds. The molecule has 3 aromatic rings. The van der Waals surface area contributed by atoms with Crippen LogP contribution in [0.15, 0.2) is 30.3 Å². The SMILES string of the molecule is COC(=O)c1sc2nc(C)nc(N[C@@H](Cc3ccccc3)C(=O)O)c2c1C. The van der Waals surface area contributed by atoms with Crippen LogP contribution in [-0.4, -0.2) is 40.2 Å². The number of nitrogens with one attached hydrogen (secondary N) is 1. The minimum Gasteiger partial charge on any atom is -0.480 e. The third kappa shape index (κ3) is 3.90. The first-order chi connectivity index (χ1) is 12.9. The number of aryl methyl sites for hydroxylation is 2. The van der Waals surface area contributed by atoms with Crippen molar-refractivity contribution in [2.45, 2.75) is 26.3 Å². The molecule has 0 fully saturated rings. The van der Waals surface area contributed by atoms with Crippen LogP contribution in [0.1, 0.15) is 26.6 Å².